The van der Waals surface area contributed by atoms with Gasteiger partial charge in [0, 0.05) is 17.7 Å². The molecule has 0 heterocycles. The number of hydrogen-bond acceptors (Lipinski definition) is 4. The first kappa shape index (κ1) is 21.9. The lowest BCUT2D eigenvalue weighted by Gasteiger charge is -2.10. The summed E-state index contributed by atoms with van der Waals surface area (Å²) in [6.07, 6.45) is 1.47. The predicted molar refractivity (Wildman–Crippen MR) is 91.1 cm³/mol. The van der Waals surface area contributed by atoms with Gasteiger partial charge in [-0.25, -0.2) is 22.8 Å². The Labute approximate surface area is 153 Å². The van der Waals surface area contributed by atoms with Crippen molar-refractivity contribution in [3.05, 3.63) is 72.6 Å². The largest absolute Gasteiger partial charge is 0.455 e. The molecule has 0 radical (unpaired) electrons. The van der Waals surface area contributed by atoms with Crippen LogP contribution < -0.4 is 4.74 Å². The van der Waals surface area contributed by atoms with Gasteiger partial charge in [0.05, 0.1) is 0 Å². The lowest BCUT2D eigenvalue weighted by molar-refractivity contribution is -0.137. The smallest absolute Gasteiger partial charge is 0.335 e. The number of halogens is 4. The normalized spacial score (nSPS) is 12.9. The molecule has 0 amide bonds. The van der Waals surface area contributed by atoms with Crippen LogP contribution in [0.2, 0.25) is 0 Å². The first-order valence-corrected chi connectivity index (χ1v) is 7.53. The van der Waals surface area contributed by atoms with E-state index in [1.165, 1.54) is 0 Å². The summed E-state index contributed by atoms with van der Waals surface area (Å²) in [6, 6.07) is 1.91. The second-order valence-electron chi connectivity index (χ2n) is 5.07. The highest BCUT2D eigenvalue weighted by Gasteiger charge is 2.19. The van der Waals surface area contributed by atoms with Gasteiger partial charge >= 0.3 is 11.9 Å². The summed E-state index contributed by atoms with van der Waals surface area (Å²) in [6.45, 7) is 6.55. The number of alkyl halides is 1. The van der Waals surface area contributed by atoms with E-state index in [0.29, 0.717) is 6.08 Å². The summed E-state index contributed by atoms with van der Waals surface area (Å²) in [5.41, 5.74) is -0.823. The third-order valence-electron chi connectivity index (χ3n) is 2.98. The molecule has 1 aromatic rings. The molecule has 1 atom stereocenters. The number of ether oxygens (including phenoxy) is 2. The van der Waals surface area contributed by atoms with Crippen LogP contribution in [0.4, 0.5) is 17.6 Å². The summed E-state index contributed by atoms with van der Waals surface area (Å²) in [7, 11) is 0. The lowest BCUT2D eigenvalue weighted by atomic mass is 10.0. The van der Waals surface area contributed by atoms with Gasteiger partial charge in [-0.15, -0.1) is 0 Å². The minimum absolute atomic E-state index is 0.338. The molecule has 0 saturated carbocycles. The van der Waals surface area contributed by atoms with Crippen molar-refractivity contribution in [3.8, 4) is 5.75 Å². The Kier molecular flexibility index (Phi) is 8.19. The fourth-order valence-electron chi connectivity index (χ4n) is 1.86. The van der Waals surface area contributed by atoms with Crippen LogP contribution in [0.1, 0.15) is 12.5 Å². The highest BCUT2D eigenvalue weighted by molar-refractivity contribution is 5.84. The van der Waals surface area contributed by atoms with Crippen LogP contribution in [0.5, 0.6) is 5.75 Å². The summed E-state index contributed by atoms with van der Waals surface area (Å²) >= 11 is 0. The van der Waals surface area contributed by atoms with Crippen molar-refractivity contribution in [2.75, 3.05) is 6.61 Å². The van der Waals surface area contributed by atoms with Gasteiger partial charge in [-0.2, -0.15) is 4.39 Å². The third-order valence-corrected chi connectivity index (χ3v) is 2.98. The molecule has 0 spiro atoms. The topological polar surface area (TPSA) is 52.6 Å². The summed E-state index contributed by atoms with van der Waals surface area (Å²) in [5, 5.41) is 0. The van der Waals surface area contributed by atoms with Gasteiger partial charge in [0.25, 0.3) is 0 Å². The lowest BCUT2D eigenvalue weighted by Crippen LogP contribution is -2.07. The average Bonchev–Trinajstić information content (AvgIpc) is 2.62. The Bertz CT molecular complexity index is 810. The van der Waals surface area contributed by atoms with E-state index >= 15 is 0 Å². The van der Waals surface area contributed by atoms with Crippen LogP contribution in [0.15, 0.2) is 55.4 Å². The first-order valence-electron chi connectivity index (χ1n) is 7.53. The van der Waals surface area contributed by atoms with Crippen LogP contribution in [0.25, 0.3) is 5.57 Å². The fourth-order valence-corrected chi connectivity index (χ4v) is 1.86. The SMILES string of the molecule is C=CC(=O)OC/C(F)=C\C(=C/C(C)F)c1ccc(OC(=O)C=C)c(F)c1F. The molecule has 0 aliphatic rings. The van der Waals surface area contributed by atoms with Gasteiger partial charge in [-0.3, -0.25) is 0 Å². The van der Waals surface area contributed by atoms with E-state index in [0.717, 1.165) is 37.3 Å². The molecule has 27 heavy (non-hydrogen) atoms. The number of allylic oxidation sites excluding steroid dienone is 3. The number of carbonyl (C=O) groups excluding carboxylic acids is 2. The Balaban J connectivity index is 3.27. The van der Waals surface area contributed by atoms with E-state index in [9.17, 15) is 27.2 Å². The molecule has 0 N–H and O–H groups in total. The van der Waals surface area contributed by atoms with Crippen LogP contribution in [-0.4, -0.2) is 24.7 Å². The monoisotopic (exact) mass is 384 g/mol. The highest BCUT2D eigenvalue weighted by atomic mass is 19.2. The molecule has 0 aromatic heterocycles. The molecule has 1 rings (SSSR count). The maximum Gasteiger partial charge on any atom is 0.335 e. The molecule has 0 aliphatic heterocycles. The van der Waals surface area contributed by atoms with Crippen LogP contribution >= 0.6 is 0 Å². The molecule has 1 aromatic carbocycles. The zero-order valence-electron chi connectivity index (χ0n) is 14.3. The zero-order chi connectivity index (χ0) is 20.6. The molecular formula is C19H16F4O4. The minimum Gasteiger partial charge on any atom is -0.455 e. The van der Waals surface area contributed by atoms with Crippen molar-refractivity contribution >= 4 is 17.5 Å². The summed E-state index contributed by atoms with van der Waals surface area (Å²) < 4.78 is 64.7. The highest BCUT2D eigenvalue weighted by Crippen LogP contribution is 2.29. The van der Waals surface area contributed by atoms with Gasteiger partial charge in [0.2, 0.25) is 5.82 Å². The second kappa shape index (κ2) is 10.1. The quantitative estimate of drug-likeness (QED) is 0.219. The van der Waals surface area contributed by atoms with Crippen LogP contribution in [-0.2, 0) is 14.3 Å². The number of benzene rings is 1. The molecule has 1 unspecified atom stereocenters. The summed E-state index contributed by atoms with van der Waals surface area (Å²) in [4.78, 5) is 22.0. The van der Waals surface area contributed by atoms with Gasteiger partial charge in [-0.1, -0.05) is 13.2 Å². The van der Waals surface area contributed by atoms with Gasteiger partial charge in [0.15, 0.2) is 11.6 Å². The van der Waals surface area contributed by atoms with Crippen LogP contribution in [0.3, 0.4) is 0 Å². The maximum absolute atomic E-state index is 14.3. The first-order chi connectivity index (χ1) is 12.7. The van der Waals surface area contributed by atoms with Gasteiger partial charge in [-0.05, 0) is 36.8 Å². The number of esters is 2. The van der Waals surface area contributed by atoms with Crippen molar-refractivity contribution in [2.24, 2.45) is 0 Å². The van der Waals surface area contributed by atoms with E-state index in [-0.39, 0.29) is 5.57 Å². The number of hydrogen-bond donors (Lipinski definition) is 0. The molecule has 0 saturated heterocycles. The van der Waals surface area contributed by atoms with Crippen molar-refractivity contribution in [3.63, 3.8) is 0 Å². The predicted octanol–water partition coefficient (Wildman–Crippen LogP) is 4.38. The van der Waals surface area contributed by atoms with Crippen molar-refractivity contribution in [2.45, 2.75) is 13.1 Å². The average molecular weight is 384 g/mol. The molecule has 0 fully saturated rings. The Morgan fingerprint density at radius 3 is 2.33 bits per heavy atom. The van der Waals surface area contributed by atoms with E-state index in [4.69, 9.17) is 0 Å². The second-order valence-corrected chi connectivity index (χ2v) is 5.07. The fraction of sp³-hybridized carbons (Fsp3) is 0.158. The minimum atomic E-state index is -1.62. The van der Waals surface area contributed by atoms with E-state index < -0.39 is 53.5 Å². The van der Waals surface area contributed by atoms with E-state index in [2.05, 4.69) is 22.6 Å². The molecule has 8 heteroatoms. The van der Waals surface area contributed by atoms with E-state index in [1.54, 1.807) is 0 Å². The Morgan fingerprint density at radius 2 is 1.78 bits per heavy atom. The number of rotatable bonds is 8. The Morgan fingerprint density at radius 1 is 1.15 bits per heavy atom. The van der Waals surface area contributed by atoms with Crippen molar-refractivity contribution < 1.29 is 36.6 Å². The van der Waals surface area contributed by atoms with Crippen LogP contribution in [0, 0.1) is 11.6 Å². The molecule has 4 nitrogen and oxygen atoms in total. The maximum atomic E-state index is 14.3. The zero-order valence-corrected chi connectivity index (χ0v) is 14.3. The molecule has 0 aliphatic carbocycles. The molecular weight excluding hydrogens is 368 g/mol. The molecule has 0 bridgehead atoms. The van der Waals surface area contributed by atoms with Crippen molar-refractivity contribution in [1.29, 1.82) is 0 Å². The Hall–Kier alpha value is -3.16. The summed E-state index contributed by atoms with van der Waals surface area (Å²) in [5.74, 6) is -6.66. The molecule has 144 valence electrons. The van der Waals surface area contributed by atoms with Crippen molar-refractivity contribution in [1.82, 2.24) is 0 Å². The standard InChI is InChI=1S/C19H16F4O4/c1-4-16(24)26-10-13(21)9-12(8-11(3)20)14-6-7-15(19(23)18(14)22)27-17(25)5-2/h4-9,11H,1-2,10H2,3H3/b12-8+,13-9+. The van der Waals surface area contributed by atoms with E-state index in [1.807, 2.05) is 0 Å². The van der Waals surface area contributed by atoms with Gasteiger partial charge < -0.3 is 9.47 Å². The third kappa shape index (κ3) is 6.58. The number of carbonyl (C=O) groups is 2. The van der Waals surface area contributed by atoms with Gasteiger partial charge in [0.1, 0.15) is 18.6 Å².